The summed E-state index contributed by atoms with van der Waals surface area (Å²) in [5, 5.41) is 3.47. The average molecular weight is 415 g/mol. The Bertz CT molecular complexity index is 898. The first kappa shape index (κ1) is 20.9. The summed E-state index contributed by atoms with van der Waals surface area (Å²) in [6, 6.07) is 13.6. The van der Waals surface area contributed by atoms with Gasteiger partial charge in [0.25, 0.3) is 5.91 Å². The second kappa shape index (κ2) is 9.56. The number of nitrogens with zero attached hydrogens (tertiary/aromatic N) is 1. The second-order valence-corrected chi connectivity index (χ2v) is 7.41. The van der Waals surface area contributed by atoms with Crippen molar-refractivity contribution in [3.05, 3.63) is 70.2 Å². The molecule has 2 aromatic carbocycles. The Balaban J connectivity index is 1.74. The van der Waals surface area contributed by atoms with Crippen molar-refractivity contribution in [3.63, 3.8) is 0 Å². The molecule has 1 atom stereocenters. The summed E-state index contributed by atoms with van der Waals surface area (Å²) >= 11 is 5.94. The molecule has 0 bridgehead atoms. The molecule has 3 rings (SSSR count). The second-order valence-electron chi connectivity index (χ2n) is 6.98. The van der Waals surface area contributed by atoms with Crippen molar-refractivity contribution in [2.75, 3.05) is 13.7 Å². The van der Waals surface area contributed by atoms with Crippen LogP contribution in [0.1, 0.15) is 46.8 Å². The van der Waals surface area contributed by atoms with Gasteiger partial charge in [-0.3, -0.25) is 14.4 Å². The highest BCUT2D eigenvalue weighted by molar-refractivity contribution is 6.30. The number of rotatable bonds is 7. The molecule has 0 saturated carbocycles. The first-order valence-corrected chi connectivity index (χ1v) is 9.84. The highest BCUT2D eigenvalue weighted by Gasteiger charge is 2.22. The summed E-state index contributed by atoms with van der Waals surface area (Å²) in [7, 11) is 1.31. The first-order chi connectivity index (χ1) is 14.0. The lowest BCUT2D eigenvalue weighted by molar-refractivity contribution is -0.141. The summed E-state index contributed by atoms with van der Waals surface area (Å²) in [6.45, 7) is 1.23. The van der Waals surface area contributed by atoms with E-state index in [-0.39, 0.29) is 18.2 Å². The van der Waals surface area contributed by atoms with Crippen LogP contribution in [0.5, 0.6) is 0 Å². The number of carbonyl (C=O) groups is 3. The molecule has 6 nitrogen and oxygen atoms in total. The van der Waals surface area contributed by atoms with E-state index >= 15 is 0 Å². The van der Waals surface area contributed by atoms with E-state index in [0.29, 0.717) is 23.6 Å². The fourth-order valence-corrected chi connectivity index (χ4v) is 3.47. The number of amides is 2. The zero-order chi connectivity index (χ0) is 20.8. The molecule has 0 aromatic heterocycles. The number of nitrogens with one attached hydrogen (secondary N) is 1. The van der Waals surface area contributed by atoms with Crippen molar-refractivity contribution < 1.29 is 19.1 Å². The van der Waals surface area contributed by atoms with Gasteiger partial charge in [-0.05, 0) is 41.8 Å². The third-order valence-corrected chi connectivity index (χ3v) is 5.16. The lowest BCUT2D eigenvalue weighted by Crippen LogP contribution is -2.30. The Labute approximate surface area is 174 Å². The molecule has 0 radical (unpaired) electrons. The molecular formula is C22H23ClN2O4. The SMILES string of the molecule is COC(=O)CC(NC(=O)c1cccc(CN2CCCC2=O)c1)c1ccc(Cl)cc1. The van der Waals surface area contributed by atoms with Gasteiger partial charge in [0.1, 0.15) is 0 Å². The molecule has 1 N–H and O–H groups in total. The fraction of sp³-hybridized carbons (Fsp3) is 0.318. The third-order valence-electron chi connectivity index (χ3n) is 4.91. The third kappa shape index (κ3) is 5.57. The molecule has 1 saturated heterocycles. The number of likely N-dealkylation sites (tertiary alicyclic amines) is 1. The molecular weight excluding hydrogens is 392 g/mol. The predicted octanol–water partition coefficient (Wildman–Crippen LogP) is 3.50. The molecule has 2 aromatic rings. The molecule has 1 aliphatic heterocycles. The van der Waals surface area contributed by atoms with Crippen LogP contribution in [-0.2, 0) is 20.9 Å². The van der Waals surface area contributed by atoms with E-state index in [0.717, 1.165) is 24.1 Å². The summed E-state index contributed by atoms with van der Waals surface area (Å²) in [4.78, 5) is 38.3. The monoisotopic (exact) mass is 414 g/mol. The zero-order valence-electron chi connectivity index (χ0n) is 16.2. The van der Waals surface area contributed by atoms with Crippen molar-refractivity contribution in [2.45, 2.75) is 31.8 Å². The minimum Gasteiger partial charge on any atom is -0.469 e. The van der Waals surface area contributed by atoms with Crippen molar-refractivity contribution in [3.8, 4) is 0 Å². The van der Waals surface area contributed by atoms with Crippen LogP contribution in [0.25, 0.3) is 0 Å². The zero-order valence-corrected chi connectivity index (χ0v) is 16.9. The van der Waals surface area contributed by atoms with E-state index in [2.05, 4.69) is 5.32 Å². The number of esters is 1. The standard InChI is InChI=1S/C22H23ClN2O4/c1-29-21(27)13-19(16-7-9-18(23)10-8-16)24-22(28)17-5-2-4-15(12-17)14-25-11-3-6-20(25)26/h2,4-5,7-10,12,19H,3,6,11,13-14H2,1H3,(H,24,28). The van der Waals surface area contributed by atoms with Gasteiger partial charge in [0.2, 0.25) is 5.91 Å². The van der Waals surface area contributed by atoms with Gasteiger partial charge in [0.15, 0.2) is 0 Å². The number of benzene rings is 2. The molecule has 0 aliphatic carbocycles. The van der Waals surface area contributed by atoms with E-state index < -0.39 is 12.0 Å². The van der Waals surface area contributed by atoms with E-state index in [1.165, 1.54) is 7.11 Å². The number of hydrogen-bond acceptors (Lipinski definition) is 4. The molecule has 2 amide bonds. The number of hydrogen-bond donors (Lipinski definition) is 1. The molecule has 0 spiro atoms. The molecule has 152 valence electrons. The summed E-state index contributed by atoms with van der Waals surface area (Å²) < 4.78 is 4.76. The minimum atomic E-state index is -0.545. The van der Waals surface area contributed by atoms with E-state index in [4.69, 9.17) is 16.3 Å². The Morgan fingerprint density at radius 1 is 1.21 bits per heavy atom. The van der Waals surface area contributed by atoms with Gasteiger partial charge in [-0.1, -0.05) is 35.9 Å². The summed E-state index contributed by atoms with van der Waals surface area (Å²) in [6.07, 6.45) is 1.46. The fourth-order valence-electron chi connectivity index (χ4n) is 3.34. The van der Waals surface area contributed by atoms with Crippen LogP contribution in [0, 0.1) is 0 Å². The van der Waals surface area contributed by atoms with Crippen molar-refractivity contribution in [2.24, 2.45) is 0 Å². The predicted molar refractivity (Wildman–Crippen MR) is 109 cm³/mol. The highest BCUT2D eigenvalue weighted by atomic mass is 35.5. The van der Waals surface area contributed by atoms with Gasteiger partial charge in [0.05, 0.1) is 19.6 Å². The van der Waals surface area contributed by atoms with Crippen LogP contribution in [0.3, 0.4) is 0 Å². The molecule has 1 heterocycles. The van der Waals surface area contributed by atoms with E-state index in [1.807, 2.05) is 6.07 Å². The van der Waals surface area contributed by atoms with Crippen LogP contribution in [0.2, 0.25) is 5.02 Å². The highest BCUT2D eigenvalue weighted by Crippen LogP contribution is 2.21. The Kier molecular flexibility index (Phi) is 6.88. The maximum Gasteiger partial charge on any atom is 0.307 e. The van der Waals surface area contributed by atoms with E-state index in [1.54, 1.807) is 47.4 Å². The molecule has 7 heteroatoms. The van der Waals surface area contributed by atoms with Crippen LogP contribution >= 0.6 is 11.6 Å². The minimum absolute atomic E-state index is 0.00580. The quantitative estimate of drug-likeness (QED) is 0.703. The molecule has 1 fully saturated rings. The maximum atomic E-state index is 12.8. The first-order valence-electron chi connectivity index (χ1n) is 9.46. The maximum absolute atomic E-state index is 12.8. The van der Waals surface area contributed by atoms with Crippen LogP contribution in [0.15, 0.2) is 48.5 Å². The largest absolute Gasteiger partial charge is 0.469 e. The number of ether oxygens (including phenoxy) is 1. The number of halogens is 1. The van der Waals surface area contributed by atoms with Gasteiger partial charge in [-0.2, -0.15) is 0 Å². The van der Waals surface area contributed by atoms with Crippen LogP contribution < -0.4 is 5.32 Å². The normalized spacial score (nSPS) is 14.6. The van der Waals surface area contributed by atoms with E-state index in [9.17, 15) is 14.4 Å². The van der Waals surface area contributed by atoms with Gasteiger partial charge in [0, 0.05) is 30.1 Å². The Morgan fingerprint density at radius 2 is 1.97 bits per heavy atom. The Morgan fingerprint density at radius 3 is 2.62 bits per heavy atom. The topological polar surface area (TPSA) is 75.7 Å². The number of methoxy groups -OCH3 is 1. The lowest BCUT2D eigenvalue weighted by atomic mass is 10.0. The van der Waals surface area contributed by atoms with Crippen LogP contribution in [0.4, 0.5) is 0 Å². The van der Waals surface area contributed by atoms with Crippen molar-refractivity contribution >= 4 is 29.4 Å². The van der Waals surface area contributed by atoms with Crippen molar-refractivity contribution in [1.82, 2.24) is 10.2 Å². The molecule has 1 unspecified atom stereocenters. The summed E-state index contributed by atoms with van der Waals surface area (Å²) in [5.41, 5.74) is 2.12. The lowest BCUT2D eigenvalue weighted by Gasteiger charge is -2.19. The van der Waals surface area contributed by atoms with Crippen LogP contribution in [-0.4, -0.2) is 36.3 Å². The number of carbonyl (C=O) groups excluding carboxylic acids is 3. The van der Waals surface area contributed by atoms with Gasteiger partial charge >= 0.3 is 5.97 Å². The molecule has 1 aliphatic rings. The summed E-state index contributed by atoms with van der Waals surface area (Å²) in [5.74, 6) is -0.587. The van der Waals surface area contributed by atoms with Gasteiger partial charge in [-0.15, -0.1) is 0 Å². The average Bonchev–Trinajstić information content (AvgIpc) is 3.12. The smallest absolute Gasteiger partial charge is 0.307 e. The molecule has 29 heavy (non-hydrogen) atoms. The van der Waals surface area contributed by atoms with Gasteiger partial charge in [-0.25, -0.2) is 0 Å². The van der Waals surface area contributed by atoms with Crippen molar-refractivity contribution in [1.29, 1.82) is 0 Å². The Hall–Kier alpha value is -2.86. The van der Waals surface area contributed by atoms with Gasteiger partial charge < -0.3 is 15.0 Å².